The minimum Gasteiger partial charge on any atom is -0.481 e. The first kappa shape index (κ1) is 21.1. The summed E-state index contributed by atoms with van der Waals surface area (Å²) in [5, 5.41) is 2.50. The number of rotatable bonds is 8. The van der Waals surface area contributed by atoms with Gasteiger partial charge in [-0.3, -0.25) is 4.79 Å². The topological polar surface area (TPSA) is 78.9 Å². The number of nitrogens with one attached hydrogen (secondary N) is 1. The third kappa shape index (κ3) is 5.91. The molecule has 0 bridgehead atoms. The molecule has 2 aromatic rings. The standard InChI is InChI=1S/C20H24FN3O4S/c21-18-8-4-5-9-19(18)28-16-20(25)22-10-15-29(26,27)24-13-11-23(12-14-24)17-6-2-1-3-7-17/h1-9H,10-16H2,(H,22,25). The fourth-order valence-electron chi connectivity index (χ4n) is 3.07. The summed E-state index contributed by atoms with van der Waals surface area (Å²) in [6.07, 6.45) is 0. The van der Waals surface area contributed by atoms with Gasteiger partial charge in [0.2, 0.25) is 10.0 Å². The molecule has 2 aromatic carbocycles. The lowest BCUT2D eigenvalue weighted by atomic mass is 10.2. The van der Waals surface area contributed by atoms with Gasteiger partial charge in [0.15, 0.2) is 18.2 Å². The van der Waals surface area contributed by atoms with Crippen LogP contribution in [-0.4, -0.2) is 63.7 Å². The van der Waals surface area contributed by atoms with Gasteiger partial charge in [-0.1, -0.05) is 30.3 Å². The van der Waals surface area contributed by atoms with Gasteiger partial charge in [-0.25, -0.2) is 12.8 Å². The Morgan fingerprint density at radius 3 is 2.34 bits per heavy atom. The summed E-state index contributed by atoms with van der Waals surface area (Å²) >= 11 is 0. The molecular formula is C20H24FN3O4S. The Hall–Kier alpha value is -2.65. The lowest BCUT2D eigenvalue weighted by molar-refractivity contribution is -0.123. The zero-order valence-electron chi connectivity index (χ0n) is 16.0. The second-order valence-corrected chi connectivity index (χ2v) is 8.70. The molecule has 1 saturated heterocycles. The molecule has 1 amide bonds. The zero-order valence-corrected chi connectivity index (χ0v) is 16.8. The monoisotopic (exact) mass is 421 g/mol. The third-order valence-corrected chi connectivity index (χ3v) is 6.50. The number of sulfonamides is 1. The molecule has 0 unspecified atom stereocenters. The van der Waals surface area contributed by atoms with Crippen molar-refractivity contribution in [3.8, 4) is 5.75 Å². The van der Waals surface area contributed by atoms with Gasteiger partial charge in [0.05, 0.1) is 5.75 Å². The number of halogens is 1. The Balaban J connectivity index is 1.40. The number of piperazine rings is 1. The molecule has 1 aliphatic heterocycles. The number of ether oxygens (including phenoxy) is 1. The third-order valence-electron chi connectivity index (χ3n) is 4.63. The smallest absolute Gasteiger partial charge is 0.257 e. The van der Waals surface area contributed by atoms with Crippen LogP contribution in [0.4, 0.5) is 10.1 Å². The average Bonchev–Trinajstić information content (AvgIpc) is 2.74. The second-order valence-electron chi connectivity index (χ2n) is 6.61. The lowest BCUT2D eigenvalue weighted by Crippen LogP contribution is -2.50. The minimum absolute atomic E-state index is 0.0217. The quantitative estimate of drug-likeness (QED) is 0.699. The summed E-state index contributed by atoms with van der Waals surface area (Å²) in [4.78, 5) is 14.0. The maximum absolute atomic E-state index is 13.4. The van der Waals surface area contributed by atoms with E-state index >= 15 is 0 Å². The molecule has 1 fully saturated rings. The molecule has 9 heteroatoms. The van der Waals surface area contributed by atoms with Crippen LogP contribution in [0.1, 0.15) is 0 Å². The molecule has 29 heavy (non-hydrogen) atoms. The Kier molecular flexibility index (Phi) is 7.05. The summed E-state index contributed by atoms with van der Waals surface area (Å²) in [7, 11) is -3.47. The van der Waals surface area contributed by atoms with Gasteiger partial charge in [-0.15, -0.1) is 0 Å². The fraction of sp³-hybridized carbons (Fsp3) is 0.350. The van der Waals surface area contributed by atoms with Crippen LogP contribution in [0.3, 0.4) is 0 Å². The van der Waals surface area contributed by atoms with E-state index in [1.165, 1.54) is 22.5 Å². The van der Waals surface area contributed by atoms with Crippen LogP contribution in [0.5, 0.6) is 5.75 Å². The lowest BCUT2D eigenvalue weighted by Gasteiger charge is -2.35. The van der Waals surface area contributed by atoms with Crippen LogP contribution in [0, 0.1) is 5.82 Å². The zero-order chi connectivity index (χ0) is 20.7. The molecule has 0 aromatic heterocycles. The first-order valence-electron chi connectivity index (χ1n) is 9.37. The summed E-state index contributed by atoms with van der Waals surface area (Å²) in [6.45, 7) is 1.64. The van der Waals surface area contributed by atoms with Crippen molar-refractivity contribution in [1.29, 1.82) is 0 Å². The van der Waals surface area contributed by atoms with Crippen LogP contribution in [0.25, 0.3) is 0 Å². The molecule has 0 spiro atoms. The van der Waals surface area contributed by atoms with E-state index in [-0.39, 0.29) is 24.7 Å². The summed E-state index contributed by atoms with van der Waals surface area (Å²) in [5.74, 6) is -1.27. The van der Waals surface area contributed by atoms with E-state index < -0.39 is 21.7 Å². The number of carbonyl (C=O) groups excluding carboxylic acids is 1. The Labute approximate surface area is 170 Å². The number of nitrogens with zero attached hydrogens (tertiary/aromatic N) is 2. The molecule has 0 atom stereocenters. The van der Waals surface area contributed by atoms with Gasteiger partial charge in [-0.05, 0) is 24.3 Å². The summed E-state index contributed by atoms with van der Waals surface area (Å²) in [5.41, 5.74) is 1.08. The molecule has 0 saturated carbocycles. The number of benzene rings is 2. The SMILES string of the molecule is O=C(COc1ccccc1F)NCCS(=O)(=O)N1CCN(c2ccccc2)CC1. The number of para-hydroxylation sites is 2. The fourth-order valence-corrected chi connectivity index (χ4v) is 4.41. The Bertz CT molecular complexity index is 916. The van der Waals surface area contributed by atoms with Crippen molar-refractivity contribution in [1.82, 2.24) is 9.62 Å². The molecule has 0 aliphatic carbocycles. The number of hydrogen-bond donors (Lipinski definition) is 1. The van der Waals surface area contributed by atoms with Crippen LogP contribution in [-0.2, 0) is 14.8 Å². The molecule has 7 nitrogen and oxygen atoms in total. The van der Waals surface area contributed by atoms with E-state index in [1.807, 2.05) is 30.3 Å². The van der Waals surface area contributed by atoms with Gasteiger partial charge in [0, 0.05) is 38.4 Å². The van der Waals surface area contributed by atoms with E-state index in [0.717, 1.165) is 5.69 Å². The maximum atomic E-state index is 13.4. The highest BCUT2D eigenvalue weighted by atomic mass is 32.2. The molecule has 1 aliphatic rings. The second kappa shape index (κ2) is 9.71. The van der Waals surface area contributed by atoms with Gasteiger partial charge in [0.25, 0.3) is 5.91 Å². The Morgan fingerprint density at radius 1 is 1.00 bits per heavy atom. The normalized spacial score (nSPS) is 15.1. The van der Waals surface area contributed by atoms with Gasteiger partial charge in [0.1, 0.15) is 0 Å². The van der Waals surface area contributed by atoms with Crippen LogP contribution < -0.4 is 15.0 Å². The average molecular weight is 421 g/mol. The van der Waals surface area contributed by atoms with Crippen molar-refractivity contribution < 1.29 is 22.3 Å². The molecule has 1 N–H and O–H groups in total. The van der Waals surface area contributed by atoms with Crippen LogP contribution in [0.2, 0.25) is 0 Å². The highest BCUT2D eigenvalue weighted by Crippen LogP contribution is 2.17. The van der Waals surface area contributed by atoms with Crippen molar-refractivity contribution >= 4 is 21.6 Å². The highest BCUT2D eigenvalue weighted by molar-refractivity contribution is 7.89. The van der Waals surface area contributed by atoms with Gasteiger partial charge >= 0.3 is 0 Å². The largest absolute Gasteiger partial charge is 0.481 e. The van der Waals surface area contributed by atoms with Gasteiger partial charge < -0.3 is 15.0 Å². The first-order valence-corrected chi connectivity index (χ1v) is 11.0. The Morgan fingerprint density at radius 2 is 1.66 bits per heavy atom. The minimum atomic E-state index is -3.47. The van der Waals surface area contributed by atoms with Crippen molar-refractivity contribution in [2.24, 2.45) is 0 Å². The highest BCUT2D eigenvalue weighted by Gasteiger charge is 2.26. The van der Waals surface area contributed by atoms with Crippen molar-refractivity contribution in [3.05, 3.63) is 60.4 Å². The van der Waals surface area contributed by atoms with Crippen molar-refractivity contribution in [2.75, 3.05) is 50.0 Å². The molecule has 3 rings (SSSR count). The molecule has 156 valence electrons. The van der Waals surface area contributed by atoms with E-state index in [0.29, 0.717) is 26.2 Å². The maximum Gasteiger partial charge on any atom is 0.257 e. The predicted molar refractivity (Wildman–Crippen MR) is 109 cm³/mol. The van der Waals surface area contributed by atoms with Crippen molar-refractivity contribution in [3.63, 3.8) is 0 Å². The summed E-state index contributed by atoms with van der Waals surface area (Å²) in [6, 6.07) is 15.6. The number of anilines is 1. The van der Waals surface area contributed by atoms with E-state index in [1.54, 1.807) is 6.07 Å². The van der Waals surface area contributed by atoms with Crippen LogP contribution in [0.15, 0.2) is 54.6 Å². The van der Waals surface area contributed by atoms with E-state index in [9.17, 15) is 17.6 Å². The molecular weight excluding hydrogens is 397 g/mol. The molecule has 0 radical (unpaired) electrons. The van der Waals surface area contributed by atoms with Crippen LogP contribution >= 0.6 is 0 Å². The van der Waals surface area contributed by atoms with E-state index in [2.05, 4.69) is 10.2 Å². The van der Waals surface area contributed by atoms with Gasteiger partial charge in [-0.2, -0.15) is 4.31 Å². The number of carbonyl (C=O) groups is 1. The number of amides is 1. The molecule has 1 heterocycles. The summed E-state index contributed by atoms with van der Waals surface area (Å²) < 4.78 is 45.0. The first-order chi connectivity index (χ1) is 14.0. The van der Waals surface area contributed by atoms with Crippen molar-refractivity contribution in [2.45, 2.75) is 0 Å². The van der Waals surface area contributed by atoms with E-state index in [4.69, 9.17) is 4.74 Å². The predicted octanol–water partition coefficient (Wildman–Crippen LogP) is 1.47. The number of hydrogen-bond acceptors (Lipinski definition) is 5.